The highest BCUT2D eigenvalue weighted by Gasteiger charge is 2.29. The van der Waals surface area contributed by atoms with E-state index in [1.807, 2.05) is 6.07 Å². The molecule has 1 saturated heterocycles. The van der Waals surface area contributed by atoms with Crippen molar-refractivity contribution in [2.75, 3.05) is 20.2 Å². The molecule has 1 aromatic rings. The molecule has 1 N–H and O–H groups in total. The lowest BCUT2D eigenvalue weighted by Crippen LogP contribution is -2.30. The van der Waals surface area contributed by atoms with Crippen molar-refractivity contribution in [2.24, 2.45) is 5.92 Å². The van der Waals surface area contributed by atoms with Crippen molar-refractivity contribution < 1.29 is 13.5 Å². The van der Waals surface area contributed by atoms with Gasteiger partial charge in [-0.25, -0.2) is 8.78 Å². The first kappa shape index (κ1) is 14.3. The molecule has 4 heteroatoms. The summed E-state index contributed by atoms with van der Waals surface area (Å²) < 4.78 is 32.2. The molecule has 1 aliphatic rings. The summed E-state index contributed by atoms with van der Waals surface area (Å²) in [6, 6.07) is 5.13. The van der Waals surface area contributed by atoms with Gasteiger partial charge in [0.1, 0.15) is 5.75 Å². The van der Waals surface area contributed by atoms with Gasteiger partial charge in [-0.15, -0.1) is 0 Å². The second kappa shape index (κ2) is 5.87. The van der Waals surface area contributed by atoms with Gasteiger partial charge in [-0.05, 0) is 56.0 Å². The Morgan fingerprint density at radius 2 is 2.21 bits per heavy atom. The van der Waals surface area contributed by atoms with Gasteiger partial charge < -0.3 is 10.1 Å². The van der Waals surface area contributed by atoms with Crippen molar-refractivity contribution >= 4 is 0 Å². The number of rotatable bonds is 4. The van der Waals surface area contributed by atoms with Crippen LogP contribution in [-0.4, -0.2) is 20.2 Å². The molecule has 106 valence electrons. The SMILES string of the molecule is COc1ccc(CC2CCCNC2)cc1C(C)(F)F. The van der Waals surface area contributed by atoms with Crippen LogP contribution in [0.3, 0.4) is 0 Å². The van der Waals surface area contributed by atoms with E-state index in [-0.39, 0.29) is 11.3 Å². The zero-order valence-corrected chi connectivity index (χ0v) is 11.5. The third-order valence-corrected chi connectivity index (χ3v) is 3.66. The Hall–Kier alpha value is -1.16. The molecule has 0 bridgehead atoms. The minimum absolute atomic E-state index is 0.0173. The first-order valence-corrected chi connectivity index (χ1v) is 6.76. The van der Waals surface area contributed by atoms with E-state index >= 15 is 0 Å². The van der Waals surface area contributed by atoms with Crippen LogP contribution >= 0.6 is 0 Å². The number of halogens is 2. The third kappa shape index (κ3) is 3.66. The molecule has 0 radical (unpaired) electrons. The number of hydrogen-bond acceptors (Lipinski definition) is 2. The molecule has 1 aliphatic heterocycles. The largest absolute Gasteiger partial charge is 0.496 e. The molecule has 2 nitrogen and oxygen atoms in total. The van der Waals surface area contributed by atoms with Crippen LogP contribution < -0.4 is 10.1 Å². The van der Waals surface area contributed by atoms with E-state index in [1.54, 1.807) is 12.1 Å². The number of benzene rings is 1. The van der Waals surface area contributed by atoms with Crippen molar-refractivity contribution in [1.82, 2.24) is 5.32 Å². The van der Waals surface area contributed by atoms with E-state index in [1.165, 1.54) is 7.11 Å². The summed E-state index contributed by atoms with van der Waals surface area (Å²) in [6.07, 6.45) is 3.18. The molecule has 0 spiro atoms. The van der Waals surface area contributed by atoms with Gasteiger partial charge >= 0.3 is 0 Å². The molecule has 1 heterocycles. The van der Waals surface area contributed by atoms with Gasteiger partial charge in [-0.3, -0.25) is 0 Å². The van der Waals surface area contributed by atoms with Crippen molar-refractivity contribution in [3.63, 3.8) is 0 Å². The Morgan fingerprint density at radius 1 is 1.42 bits per heavy atom. The lowest BCUT2D eigenvalue weighted by atomic mass is 9.91. The van der Waals surface area contributed by atoms with Crippen LogP contribution in [0.2, 0.25) is 0 Å². The van der Waals surface area contributed by atoms with Gasteiger partial charge in [0.05, 0.1) is 12.7 Å². The van der Waals surface area contributed by atoms with E-state index in [2.05, 4.69) is 5.32 Å². The summed E-state index contributed by atoms with van der Waals surface area (Å²) in [6.45, 7) is 2.96. The Kier molecular flexibility index (Phi) is 4.40. The summed E-state index contributed by atoms with van der Waals surface area (Å²) >= 11 is 0. The number of piperidine rings is 1. The minimum atomic E-state index is -2.87. The van der Waals surface area contributed by atoms with Crippen LogP contribution in [0.25, 0.3) is 0 Å². The Morgan fingerprint density at radius 3 is 2.79 bits per heavy atom. The second-order valence-electron chi connectivity index (χ2n) is 5.34. The highest BCUT2D eigenvalue weighted by atomic mass is 19.3. The maximum Gasteiger partial charge on any atom is 0.274 e. The topological polar surface area (TPSA) is 21.3 Å². The average Bonchev–Trinajstić information content (AvgIpc) is 2.39. The van der Waals surface area contributed by atoms with E-state index in [0.29, 0.717) is 5.92 Å². The quantitative estimate of drug-likeness (QED) is 0.905. The maximum atomic E-state index is 13.6. The molecule has 0 saturated carbocycles. The van der Waals surface area contributed by atoms with Crippen molar-refractivity contribution in [3.8, 4) is 5.75 Å². The summed E-state index contributed by atoms with van der Waals surface area (Å²) in [7, 11) is 1.43. The molecule has 1 fully saturated rings. The summed E-state index contributed by atoms with van der Waals surface area (Å²) in [5.74, 6) is -2.06. The number of ether oxygens (including phenoxy) is 1. The van der Waals surface area contributed by atoms with Crippen molar-refractivity contribution in [2.45, 2.75) is 32.1 Å². The lowest BCUT2D eigenvalue weighted by Gasteiger charge is -2.23. The van der Waals surface area contributed by atoms with Gasteiger partial charge in [0.15, 0.2) is 0 Å². The lowest BCUT2D eigenvalue weighted by molar-refractivity contribution is 0.0150. The molecular weight excluding hydrogens is 248 g/mol. The second-order valence-corrected chi connectivity index (χ2v) is 5.34. The Bertz CT molecular complexity index is 423. The molecule has 1 unspecified atom stereocenters. The van der Waals surface area contributed by atoms with Crippen LogP contribution in [0.1, 0.15) is 30.9 Å². The fraction of sp³-hybridized carbons (Fsp3) is 0.600. The normalized spacial score (nSPS) is 20.3. The molecule has 1 atom stereocenters. The Balaban J connectivity index is 2.17. The number of nitrogens with one attached hydrogen (secondary N) is 1. The first-order chi connectivity index (χ1) is 9.00. The van der Waals surface area contributed by atoms with Crippen LogP contribution in [-0.2, 0) is 12.3 Å². The molecule has 0 amide bonds. The monoisotopic (exact) mass is 269 g/mol. The van der Waals surface area contributed by atoms with Gasteiger partial charge in [0.2, 0.25) is 0 Å². The average molecular weight is 269 g/mol. The van der Waals surface area contributed by atoms with E-state index < -0.39 is 5.92 Å². The summed E-state index contributed by atoms with van der Waals surface area (Å²) in [4.78, 5) is 0. The molecule has 0 aliphatic carbocycles. The molecule has 1 aromatic carbocycles. The van der Waals surface area contributed by atoms with Crippen LogP contribution in [0.15, 0.2) is 18.2 Å². The summed E-state index contributed by atoms with van der Waals surface area (Å²) in [5, 5.41) is 3.35. The van der Waals surface area contributed by atoms with Gasteiger partial charge in [-0.2, -0.15) is 0 Å². The number of alkyl halides is 2. The van der Waals surface area contributed by atoms with Crippen molar-refractivity contribution in [1.29, 1.82) is 0 Å². The fourth-order valence-corrected chi connectivity index (χ4v) is 2.66. The fourth-order valence-electron chi connectivity index (χ4n) is 2.66. The number of hydrogen-bond donors (Lipinski definition) is 1. The zero-order valence-electron chi connectivity index (χ0n) is 11.5. The summed E-state index contributed by atoms with van der Waals surface area (Å²) in [5.41, 5.74) is 0.947. The van der Waals surface area contributed by atoms with E-state index in [4.69, 9.17) is 4.74 Å². The van der Waals surface area contributed by atoms with Gasteiger partial charge in [0.25, 0.3) is 5.92 Å². The smallest absolute Gasteiger partial charge is 0.274 e. The minimum Gasteiger partial charge on any atom is -0.496 e. The maximum absolute atomic E-state index is 13.6. The van der Waals surface area contributed by atoms with Gasteiger partial charge in [-0.1, -0.05) is 6.07 Å². The highest BCUT2D eigenvalue weighted by Crippen LogP contribution is 2.35. The first-order valence-electron chi connectivity index (χ1n) is 6.76. The predicted molar refractivity (Wildman–Crippen MR) is 71.9 cm³/mol. The van der Waals surface area contributed by atoms with Crippen LogP contribution in [0.4, 0.5) is 8.78 Å². The standard InChI is InChI=1S/C15H21F2NO/c1-15(16,17)13-9-11(5-6-14(13)19-2)8-12-4-3-7-18-10-12/h5-6,9,12,18H,3-4,7-8,10H2,1-2H3. The van der Waals surface area contributed by atoms with E-state index in [9.17, 15) is 8.78 Å². The molecule has 19 heavy (non-hydrogen) atoms. The third-order valence-electron chi connectivity index (χ3n) is 3.66. The van der Waals surface area contributed by atoms with Gasteiger partial charge in [0, 0.05) is 6.92 Å². The molecule has 2 rings (SSSR count). The van der Waals surface area contributed by atoms with Crippen LogP contribution in [0.5, 0.6) is 5.75 Å². The van der Waals surface area contributed by atoms with E-state index in [0.717, 1.165) is 44.8 Å². The predicted octanol–water partition coefficient (Wildman–Crippen LogP) is 3.35. The highest BCUT2D eigenvalue weighted by molar-refractivity contribution is 5.40. The van der Waals surface area contributed by atoms with Crippen molar-refractivity contribution in [3.05, 3.63) is 29.3 Å². The molecular formula is C15H21F2NO. The number of methoxy groups -OCH3 is 1. The zero-order chi connectivity index (χ0) is 13.9. The Labute approximate surface area is 113 Å². The molecule has 0 aromatic heterocycles. The van der Waals surface area contributed by atoms with Crippen LogP contribution in [0, 0.1) is 5.92 Å².